The van der Waals surface area contributed by atoms with Gasteiger partial charge in [0, 0.05) is 24.3 Å². The summed E-state index contributed by atoms with van der Waals surface area (Å²) in [6, 6.07) is 11.4. The lowest BCUT2D eigenvalue weighted by Crippen LogP contribution is -2.36. The second-order valence-corrected chi connectivity index (χ2v) is 6.55. The quantitative estimate of drug-likeness (QED) is 0.256. The van der Waals surface area contributed by atoms with Crippen molar-refractivity contribution < 1.29 is 29.6 Å². The number of carboxylic acids is 1. The molecule has 9 heteroatoms. The fourth-order valence-corrected chi connectivity index (χ4v) is 3.23. The molecule has 0 aliphatic carbocycles. The highest BCUT2D eigenvalue weighted by atomic mass is 16.5. The molecule has 1 aliphatic rings. The third-order valence-electron chi connectivity index (χ3n) is 4.73. The van der Waals surface area contributed by atoms with Gasteiger partial charge in [-0.1, -0.05) is 41.6 Å². The number of oxime groups is 1. The summed E-state index contributed by atoms with van der Waals surface area (Å²) < 4.78 is 5.39. The first-order chi connectivity index (χ1) is 13.4. The van der Waals surface area contributed by atoms with Crippen molar-refractivity contribution in [1.82, 2.24) is 0 Å². The van der Waals surface area contributed by atoms with Gasteiger partial charge in [-0.15, -0.1) is 0 Å². The van der Waals surface area contributed by atoms with Gasteiger partial charge in [0.1, 0.15) is 5.75 Å². The lowest BCUT2D eigenvalue weighted by Gasteiger charge is -2.28. The highest BCUT2D eigenvalue weighted by Crippen LogP contribution is 2.36. The average Bonchev–Trinajstić information content (AvgIpc) is 2.69. The van der Waals surface area contributed by atoms with Crippen LogP contribution in [0.2, 0.25) is 5.82 Å². The van der Waals surface area contributed by atoms with Crippen molar-refractivity contribution in [2.24, 2.45) is 10.9 Å². The Morgan fingerprint density at radius 3 is 2.54 bits per heavy atom. The topological polar surface area (TPSA) is 142 Å². The van der Waals surface area contributed by atoms with Crippen molar-refractivity contribution in [3.63, 3.8) is 0 Å². The van der Waals surface area contributed by atoms with Crippen molar-refractivity contribution in [3.05, 3.63) is 64.7 Å². The van der Waals surface area contributed by atoms with Crippen molar-refractivity contribution in [1.29, 1.82) is 0 Å². The summed E-state index contributed by atoms with van der Waals surface area (Å²) in [4.78, 5) is 24.0. The van der Waals surface area contributed by atoms with Crippen LogP contribution in [0, 0.1) is 0 Å². The van der Waals surface area contributed by atoms with Crippen LogP contribution >= 0.6 is 0 Å². The van der Waals surface area contributed by atoms with E-state index in [1.165, 1.54) is 6.07 Å². The van der Waals surface area contributed by atoms with E-state index in [9.17, 15) is 24.9 Å². The molecule has 1 atom stereocenters. The average molecular weight is 382 g/mol. The normalized spacial score (nSPS) is 16.3. The molecular formula is C19H19BN2O6. The number of carboxylic acid groups (broad SMARTS) is 1. The van der Waals surface area contributed by atoms with Crippen LogP contribution in [0.25, 0.3) is 0 Å². The molecule has 0 fully saturated rings. The zero-order valence-electron chi connectivity index (χ0n) is 14.9. The molecule has 0 unspecified atom stereocenters. The Kier molecular flexibility index (Phi) is 5.77. The summed E-state index contributed by atoms with van der Waals surface area (Å²) in [5.41, 5.74) is 7.28. The molecule has 2 aromatic rings. The van der Waals surface area contributed by atoms with Gasteiger partial charge in [-0.3, -0.25) is 4.79 Å². The van der Waals surface area contributed by atoms with Gasteiger partial charge in [0.05, 0.1) is 5.56 Å². The number of Topliss-reactive ketones (excluding diaryl/α,β-unsaturated/α-hetero) is 1. The number of fused-ring (bicyclic) bond motifs is 1. The maximum atomic E-state index is 12.7. The molecule has 0 amide bonds. The Balaban J connectivity index is 1.78. The van der Waals surface area contributed by atoms with Crippen molar-refractivity contribution in [2.45, 2.75) is 25.2 Å². The Labute approximate surface area is 161 Å². The molecule has 0 spiro atoms. The molecule has 3 rings (SSSR count). The molecule has 1 aliphatic heterocycles. The largest absolute Gasteiger partial charge is 0.535 e. The SMILES string of the molecule is NCc1ccc(/C(=N/O)C(=O)C[C@H]2Cc3cccc(C(=O)O)c3OB2O)cc1. The first-order valence-electron chi connectivity index (χ1n) is 8.69. The van der Waals surface area contributed by atoms with Gasteiger partial charge in [0.15, 0.2) is 11.5 Å². The van der Waals surface area contributed by atoms with E-state index >= 15 is 0 Å². The van der Waals surface area contributed by atoms with E-state index in [1.807, 2.05) is 0 Å². The number of carbonyl (C=O) groups excluding carboxylic acids is 1. The Morgan fingerprint density at radius 2 is 1.93 bits per heavy atom. The number of nitrogens with two attached hydrogens (primary N) is 1. The minimum absolute atomic E-state index is 0.0427. The van der Waals surface area contributed by atoms with Gasteiger partial charge in [0.2, 0.25) is 0 Å². The fraction of sp³-hybridized carbons (Fsp3) is 0.211. The second-order valence-electron chi connectivity index (χ2n) is 6.55. The zero-order valence-corrected chi connectivity index (χ0v) is 14.9. The van der Waals surface area contributed by atoms with Crippen LogP contribution in [0.4, 0.5) is 0 Å². The van der Waals surface area contributed by atoms with Crippen LogP contribution in [0.3, 0.4) is 0 Å². The van der Waals surface area contributed by atoms with Gasteiger partial charge >= 0.3 is 13.1 Å². The molecule has 5 N–H and O–H groups in total. The number of nitrogens with zero attached hydrogens (tertiary/aromatic N) is 1. The Morgan fingerprint density at radius 1 is 1.21 bits per heavy atom. The number of aromatic carboxylic acids is 1. The highest BCUT2D eigenvalue weighted by molar-refractivity contribution is 6.51. The predicted octanol–water partition coefficient (Wildman–Crippen LogP) is 1.47. The van der Waals surface area contributed by atoms with Crippen LogP contribution < -0.4 is 10.4 Å². The Hall–Kier alpha value is -3.17. The molecule has 0 aromatic heterocycles. The Bertz CT molecular complexity index is 929. The van der Waals surface area contributed by atoms with E-state index in [-0.39, 0.29) is 29.9 Å². The molecule has 0 radical (unpaired) electrons. The van der Waals surface area contributed by atoms with Crippen LogP contribution in [0.1, 0.15) is 33.5 Å². The molecule has 8 nitrogen and oxygen atoms in total. The highest BCUT2D eigenvalue weighted by Gasteiger charge is 2.38. The molecule has 28 heavy (non-hydrogen) atoms. The molecule has 0 saturated carbocycles. The van der Waals surface area contributed by atoms with Crippen LogP contribution in [-0.4, -0.2) is 39.9 Å². The van der Waals surface area contributed by atoms with Crippen LogP contribution in [0.5, 0.6) is 5.75 Å². The number of hydrogen-bond acceptors (Lipinski definition) is 7. The maximum Gasteiger partial charge on any atom is 0.526 e. The monoisotopic (exact) mass is 382 g/mol. The summed E-state index contributed by atoms with van der Waals surface area (Å²) in [6.07, 6.45) is 0.129. The smallest absolute Gasteiger partial charge is 0.526 e. The minimum atomic E-state index is -1.35. The summed E-state index contributed by atoms with van der Waals surface area (Å²) in [6.45, 7) is 0.350. The van der Waals surface area contributed by atoms with E-state index in [0.29, 0.717) is 17.7 Å². The second kappa shape index (κ2) is 8.24. The molecule has 1 heterocycles. The summed E-state index contributed by atoms with van der Waals surface area (Å²) in [5, 5.41) is 32.0. The zero-order chi connectivity index (χ0) is 20.3. The molecular weight excluding hydrogens is 363 g/mol. The molecule has 0 bridgehead atoms. The van der Waals surface area contributed by atoms with Crippen molar-refractivity contribution in [3.8, 4) is 5.75 Å². The van der Waals surface area contributed by atoms with E-state index in [4.69, 9.17) is 10.4 Å². The predicted molar refractivity (Wildman–Crippen MR) is 102 cm³/mol. The molecule has 2 aromatic carbocycles. The van der Waals surface area contributed by atoms with Crippen molar-refractivity contribution in [2.75, 3.05) is 0 Å². The van der Waals surface area contributed by atoms with E-state index < -0.39 is 24.7 Å². The fourth-order valence-electron chi connectivity index (χ4n) is 3.23. The van der Waals surface area contributed by atoms with E-state index in [1.54, 1.807) is 36.4 Å². The van der Waals surface area contributed by atoms with E-state index in [0.717, 1.165) is 5.56 Å². The first-order valence-corrected chi connectivity index (χ1v) is 8.69. The summed E-state index contributed by atoms with van der Waals surface area (Å²) in [5.74, 6) is -2.12. The minimum Gasteiger partial charge on any atom is -0.535 e. The number of carbonyl (C=O) groups is 2. The molecule has 144 valence electrons. The standard InChI is InChI=1S/C19H19BN2O6/c21-10-11-4-6-12(7-5-11)17(22-27)16(23)9-14-8-13-2-1-3-15(19(24)25)18(13)28-20(14)26/h1-7,14,26-27H,8-10,21H2,(H,24,25)/b22-17-/t14-/m1/s1. The van der Waals surface area contributed by atoms with Crippen molar-refractivity contribution >= 4 is 24.6 Å². The molecule has 0 saturated heterocycles. The number of para-hydroxylation sites is 1. The van der Waals surface area contributed by atoms with Gasteiger partial charge in [-0.25, -0.2) is 4.79 Å². The van der Waals surface area contributed by atoms with E-state index in [2.05, 4.69) is 5.16 Å². The third-order valence-corrected chi connectivity index (χ3v) is 4.73. The summed E-state index contributed by atoms with van der Waals surface area (Å²) >= 11 is 0. The van der Waals surface area contributed by atoms with Crippen LogP contribution in [0.15, 0.2) is 47.6 Å². The summed E-state index contributed by atoms with van der Waals surface area (Å²) in [7, 11) is -1.35. The number of hydrogen-bond donors (Lipinski definition) is 4. The number of benzene rings is 2. The maximum absolute atomic E-state index is 12.7. The number of rotatable bonds is 6. The first kappa shape index (κ1) is 19.6. The number of ketones is 1. The van der Waals surface area contributed by atoms with Gasteiger partial charge < -0.3 is 25.7 Å². The lowest BCUT2D eigenvalue weighted by atomic mass is 9.64. The van der Waals surface area contributed by atoms with Gasteiger partial charge in [0.25, 0.3) is 0 Å². The third kappa shape index (κ3) is 3.90. The lowest BCUT2D eigenvalue weighted by molar-refractivity contribution is -0.113. The van der Waals surface area contributed by atoms with Gasteiger partial charge in [-0.2, -0.15) is 0 Å². The van der Waals surface area contributed by atoms with Gasteiger partial charge in [-0.05, 0) is 23.6 Å². The van der Waals surface area contributed by atoms with Crippen LogP contribution in [-0.2, 0) is 17.8 Å².